The lowest BCUT2D eigenvalue weighted by Gasteiger charge is -2.33. The van der Waals surface area contributed by atoms with E-state index in [1.807, 2.05) is 0 Å². The van der Waals surface area contributed by atoms with E-state index in [-0.39, 0.29) is 42.5 Å². The minimum atomic E-state index is -4.18. The van der Waals surface area contributed by atoms with Crippen molar-refractivity contribution in [2.75, 3.05) is 13.1 Å². The lowest BCUT2D eigenvalue weighted by molar-refractivity contribution is -0.185. The normalized spacial score (nSPS) is 18.5. The maximum absolute atomic E-state index is 13.8. The molecule has 0 unspecified atom stereocenters. The highest BCUT2D eigenvalue weighted by Gasteiger charge is 2.41. The van der Waals surface area contributed by atoms with Crippen molar-refractivity contribution < 1.29 is 22.0 Å². The van der Waals surface area contributed by atoms with Gasteiger partial charge in [0, 0.05) is 12.1 Å². The van der Waals surface area contributed by atoms with Crippen molar-refractivity contribution in [1.82, 2.24) is 4.90 Å². The molecule has 1 nitrogen and oxygen atoms in total. The summed E-state index contributed by atoms with van der Waals surface area (Å²) in [6, 6.07) is 2.41. The topological polar surface area (TPSA) is 3.24 Å². The first-order chi connectivity index (χ1) is 9.29. The van der Waals surface area contributed by atoms with Crippen molar-refractivity contribution in [1.29, 1.82) is 0 Å². The Morgan fingerprint density at radius 1 is 1.15 bits per heavy atom. The van der Waals surface area contributed by atoms with Crippen LogP contribution in [-0.4, -0.2) is 24.2 Å². The third kappa shape index (κ3) is 3.49. The Morgan fingerprint density at radius 3 is 2.30 bits per heavy atom. The Morgan fingerprint density at radius 2 is 1.75 bits per heavy atom. The van der Waals surface area contributed by atoms with Crippen LogP contribution in [0.5, 0.6) is 0 Å². The molecule has 1 aliphatic rings. The molecule has 20 heavy (non-hydrogen) atoms. The van der Waals surface area contributed by atoms with Crippen LogP contribution in [0.3, 0.4) is 0 Å². The zero-order valence-electron chi connectivity index (χ0n) is 10.5. The maximum atomic E-state index is 13.8. The third-order valence-corrected chi connectivity index (χ3v) is 4.18. The fourth-order valence-corrected chi connectivity index (χ4v) is 2.73. The molecule has 0 atom stereocenters. The van der Waals surface area contributed by atoms with Crippen molar-refractivity contribution in [3.8, 4) is 0 Å². The number of nitrogens with zero attached hydrogens (tertiary/aromatic N) is 1. The molecule has 1 saturated heterocycles. The summed E-state index contributed by atoms with van der Waals surface area (Å²) in [5.41, 5.74) is -0.107. The molecular formula is C13H13BrF5N. The molecule has 0 amide bonds. The van der Waals surface area contributed by atoms with Crippen LogP contribution in [0.1, 0.15) is 18.4 Å². The smallest absolute Gasteiger partial charge is 0.299 e. The molecular weight excluding hydrogens is 345 g/mol. The first-order valence-electron chi connectivity index (χ1n) is 6.20. The third-order valence-electron chi connectivity index (χ3n) is 3.57. The summed E-state index contributed by atoms with van der Waals surface area (Å²) in [5.74, 6) is -2.68. The molecule has 0 aromatic heterocycles. The highest BCUT2D eigenvalue weighted by atomic mass is 79.9. The number of hydrogen-bond donors (Lipinski definition) is 0. The summed E-state index contributed by atoms with van der Waals surface area (Å²) >= 11 is 2.97. The summed E-state index contributed by atoms with van der Waals surface area (Å²) in [4.78, 5) is 1.65. The van der Waals surface area contributed by atoms with E-state index in [9.17, 15) is 22.0 Å². The van der Waals surface area contributed by atoms with Crippen LogP contribution in [0.15, 0.2) is 16.6 Å². The summed E-state index contributed by atoms with van der Waals surface area (Å²) in [6.07, 6.45) is -4.24. The van der Waals surface area contributed by atoms with E-state index in [1.165, 1.54) is 6.07 Å². The Labute approximate surface area is 121 Å². The van der Waals surface area contributed by atoms with Crippen LogP contribution < -0.4 is 0 Å². The van der Waals surface area contributed by atoms with Crippen molar-refractivity contribution >= 4 is 15.9 Å². The van der Waals surface area contributed by atoms with Crippen LogP contribution in [0.4, 0.5) is 22.0 Å². The van der Waals surface area contributed by atoms with Gasteiger partial charge in [0.2, 0.25) is 0 Å². The molecule has 0 bridgehead atoms. The van der Waals surface area contributed by atoms with Gasteiger partial charge in [-0.3, -0.25) is 4.90 Å². The van der Waals surface area contributed by atoms with Gasteiger partial charge in [-0.25, -0.2) is 8.78 Å². The Kier molecular flexibility index (Phi) is 4.69. The van der Waals surface area contributed by atoms with Gasteiger partial charge in [0.15, 0.2) is 0 Å². The van der Waals surface area contributed by atoms with Crippen molar-refractivity contribution in [2.45, 2.75) is 25.6 Å². The van der Waals surface area contributed by atoms with Gasteiger partial charge in [0.05, 0.1) is 10.4 Å². The minimum absolute atomic E-state index is 0.0122. The lowest BCUT2D eigenvalue weighted by atomic mass is 9.96. The second kappa shape index (κ2) is 5.97. The molecule has 0 saturated carbocycles. The molecule has 7 heteroatoms. The second-order valence-corrected chi connectivity index (χ2v) is 5.77. The number of hydrogen-bond acceptors (Lipinski definition) is 1. The Balaban J connectivity index is 2.02. The number of likely N-dealkylation sites (tertiary alicyclic amines) is 1. The molecule has 0 N–H and O–H groups in total. The monoisotopic (exact) mass is 357 g/mol. The van der Waals surface area contributed by atoms with Crippen LogP contribution in [0.25, 0.3) is 0 Å². The average molecular weight is 358 g/mol. The van der Waals surface area contributed by atoms with E-state index >= 15 is 0 Å². The number of rotatable bonds is 2. The van der Waals surface area contributed by atoms with E-state index in [1.54, 1.807) is 4.90 Å². The van der Waals surface area contributed by atoms with Gasteiger partial charge in [0.1, 0.15) is 11.6 Å². The molecule has 2 rings (SSSR count). The van der Waals surface area contributed by atoms with Crippen molar-refractivity contribution in [2.24, 2.45) is 5.92 Å². The highest BCUT2D eigenvalue weighted by Crippen LogP contribution is 2.34. The first kappa shape index (κ1) is 15.7. The van der Waals surface area contributed by atoms with Crippen molar-refractivity contribution in [3.63, 3.8) is 0 Å². The van der Waals surface area contributed by atoms with E-state index in [2.05, 4.69) is 15.9 Å². The van der Waals surface area contributed by atoms with E-state index < -0.39 is 23.7 Å². The molecule has 0 aliphatic carbocycles. The first-order valence-corrected chi connectivity index (χ1v) is 6.99. The van der Waals surface area contributed by atoms with E-state index in [0.717, 1.165) is 6.07 Å². The molecule has 1 aliphatic heterocycles. The van der Waals surface area contributed by atoms with Gasteiger partial charge in [-0.05, 0) is 54.0 Å². The molecule has 0 spiro atoms. The molecule has 1 aromatic carbocycles. The summed E-state index contributed by atoms with van der Waals surface area (Å²) in [5, 5.41) is 0. The average Bonchev–Trinajstić information content (AvgIpc) is 2.39. The van der Waals surface area contributed by atoms with E-state index in [0.29, 0.717) is 0 Å². The summed E-state index contributed by atoms with van der Waals surface area (Å²) in [7, 11) is 0. The Bertz CT molecular complexity index is 480. The van der Waals surface area contributed by atoms with E-state index in [4.69, 9.17) is 0 Å². The van der Waals surface area contributed by atoms with Gasteiger partial charge >= 0.3 is 6.18 Å². The zero-order chi connectivity index (χ0) is 14.9. The molecule has 1 heterocycles. The lowest BCUT2D eigenvalue weighted by Crippen LogP contribution is -2.38. The molecule has 1 fully saturated rings. The number of halogens is 6. The number of benzene rings is 1. The van der Waals surface area contributed by atoms with Crippen LogP contribution in [-0.2, 0) is 6.54 Å². The minimum Gasteiger partial charge on any atom is -0.299 e. The van der Waals surface area contributed by atoms with Crippen LogP contribution in [0, 0.1) is 17.6 Å². The van der Waals surface area contributed by atoms with Crippen LogP contribution in [0.2, 0.25) is 0 Å². The second-order valence-electron chi connectivity index (χ2n) is 4.91. The molecule has 0 radical (unpaired) electrons. The fourth-order valence-electron chi connectivity index (χ4n) is 2.36. The van der Waals surface area contributed by atoms with Gasteiger partial charge in [-0.2, -0.15) is 13.2 Å². The summed E-state index contributed by atoms with van der Waals surface area (Å²) in [6.45, 7) is 0.368. The quantitative estimate of drug-likeness (QED) is 0.556. The standard InChI is InChI=1S/C13H13BrF5N/c14-10-1-2-11(15)9(12(10)16)7-20-5-3-8(4-6-20)13(17,18)19/h1-2,8H,3-7H2. The van der Waals surface area contributed by atoms with Crippen LogP contribution >= 0.6 is 15.9 Å². The maximum Gasteiger partial charge on any atom is 0.391 e. The SMILES string of the molecule is Fc1ccc(Br)c(F)c1CN1CCC(C(F)(F)F)CC1. The Hall–Kier alpha value is -0.690. The van der Waals surface area contributed by atoms with Gasteiger partial charge in [-0.1, -0.05) is 0 Å². The van der Waals surface area contributed by atoms with Crippen molar-refractivity contribution in [3.05, 3.63) is 33.8 Å². The van der Waals surface area contributed by atoms with Gasteiger partial charge < -0.3 is 0 Å². The predicted molar refractivity (Wildman–Crippen MR) is 68.1 cm³/mol. The molecule has 1 aromatic rings. The largest absolute Gasteiger partial charge is 0.391 e. The van der Waals surface area contributed by atoms with Gasteiger partial charge in [0.25, 0.3) is 0 Å². The summed E-state index contributed by atoms with van der Waals surface area (Å²) < 4.78 is 65.1. The predicted octanol–water partition coefficient (Wildman–Crippen LogP) is 4.50. The molecule has 112 valence electrons. The number of piperidine rings is 1. The van der Waals surface area contributed by atoms with Gasteiger partial charge in [-0.15, -0.1) is 0 Å². The fraction of sp³-hybridized carbons (Fsp3) is 0.538. The highest BCUT2D eigenvalue weighted by molar-refractivity contribution is 9.10. The number of alkyl halides is 3. The zero-order valence-corrected chi connectivity index (χ0v) is 12.1.